The monoisotopic (exact) mass is 210 g/mol. The average Bonchev–Trinajstić information content (AvgIpc) is 2.86. The molecular formula is C9H14N4O2. The van der Waals surface area contributed by atoms with Gasteiger partial charge in [-0.25, -0.2) is 4.79 Å². The van der Waals surface area contributed by atoms with E-state index < -0.39 is 0 Å². The fourth-order valence-corrected chi connectivity index (χ4v) is 1.44. The predicted molar refractivity (Wildman–Crippen MR) is 53.2 cm³/mol. The summed E-state index contributed by atoms with van der Waals surface area (Å²) in [5, 5.41) is 12.1. The zero-order valence-electron chi connectivity index (χ0n) is 8.32. The van der Waals surface area contributed by atoms with Crippen LogP contribution in [-0.2, 0) is 11.3 Å². The number of ether oxygens (including phenoxy) is 1. The first-order valence-electron chi connectivity index (χ1n) is 4.94. The van der Waals surface area contributed by atoms with Crippen LogP contribution < -0.4 is 10.6 Å². The Hall–Kier alpha value is -1.56. The molecule has 2 rings (SSSR count). The number of carbonyl (C=O) groups excluding carboxylic acids is 1. The minimum atomic E-state index is -0.160. The molecular weight excluding hydrogens is 196 g/mol. The number of aromatic amines is 1. The Kier molecular flexibility index (Phi) is 3.18. The first-order valence-corrected chi connectivity index (χ1v) is 4.94. The van der Waals surface area contributed by atoms with Gasteiger partial charge >= 0.3 is 6.03 Å². The van der Waals surface area contributed by atoms with Gasteiger partial charge in [-0.05, 0) is 6.42 Å². The Morgan fingerprint density at radius 2 is 2.67 bits per heavy atom. The highest BCUT2D eigenvalue weighted by atomic mass is 16.5. The summed E-state index contributed by atoms with van der Waals surface area (Å²) in [6.07, 6.45) is 4.32. The zero-order valence-corrected chi connectivity index (χ0v) is 8.32. The van der Waals surface area contributed by atoms with Crippen LogP contribution in [0.2, 0.25) is 0 Å². The van der Waals surface area contributed by atoms with Crippen molar-refractivity contribution >= 4 is 6.03 Å². The molecule has 1 fully saturated rings. The van der Waals surface area contributed by atoms with Crippen LogP contribution in [0, 0.1) is 0 Å². The van der Waals surface area contributed by atoms with Gasteiger partial charge in [0.05, 0.1) is 18.8 Å². The number of aromatic nitrogens is 2. The summed E-state index contributed by atoms with van der Waals surface area (Å²) >= 11 is 0. The van der Waals surface area contributed by atoms with Crippen LogP contribution in [0.4, 0.5) is 4.79 Å². The van der Waals surface area contributed by atoms with Crippen LogP contribution in [-0.4, -0.2) is 35.5 Å². The molecule has 0 aromatic carbocycles. The van der Waals surface area contributed by atoms with Gasteiger partial charge in [0, 0.05) is 24.9 Å². The van der Waals surface area contributed by atoms with Crippen LogP contribution in [0.3, 0.4) is 0 Å². The van der Waals surface area contributed by atoms with Gasteiger partial charge in [0.1, 0.15) is 0 Å². The second-order valence-corrected chi connectivity index (χ2v) is 3.49. The number of nitrogens with zero attached hydrogens (tertiary/aromatic N) is 1. The number of hydrogen-bond donors (Lipinski definition) is 3. The van der Waals surface area contributed by atoms with E-state index in [9.17, 15) is 4.79 Å². The van der Waals surface area contributed by atoms with Gasteiger partial charge in [0.2, 0.25) is 0 Å². The van der Waals surface area contributed by atoms with E-state index in [1.54, 1.807) is 12.4 Å². The van der Waals surface area contributed by atoms with Crippen LogP contribution >= 0.6 is 0 Å². The molecule has 1 aliphatic rings. The molecule has 0 radical (unpaired) electrons. The first kappa shape index (κ1) is 9.97. The lowest BCUT2D eigenvalue weighted by Crippen LogP contribution is -2.41. The summed E-state index contributed by atoms with van der Waals surface area (Å²) in [7, 11) is 0. The lowest BCUT2D eigenvalue weighted by atomic mass is 10.3. The molecule has 6 nitrogen and oxygen atoms in total. The van der Waals surface area contributed by atoms with Gasteiger partial charge in [-0.15, -0.1) is 0 Å². The van der Waals surface area contributed by atoms with Crippen molar-refractivity contribution in [3.05, 3.63) is 18.0 Å². The summed E-state index contributed by atoms with van der Waals surface area (Å²) in [4.78, 5) is 11.4. The van der Waals surface area contributed by atoms with Crippen molar-refractivity contribution < 1.29 is 9.53 Å². The average molecular weight is 210 g/mol. The first-order chi connectivity index (χ1) is 7.34. The van der Waals surface area contributed by atoms with Crippen LogP contribution in [0.5, 0.6) is 0 Å². The maximum atomic E-state index is 11.4. The van der Waals surface area contributed by atoms with Crippen molar-refractivity contribution in [3.63, 3.8) is 0 Å². The molecule has 0 bridgehead atoms. The van der Waals surface area contributed by atoms with Crippen molar-refractivity contribution in [2.45, 2.75) is 19.0 Å². The van der Waals surface area contributed by atoms with E-state index in [-0.39, 0.29) is 12.1 Å². The molecule has 1 unspecified atom stereocenters. The molecule has 0 spiro atoms. The van der Waals surface area contributed by atoms with Gasteiger partial charge in [0.15, 0.2) is 0 Å². The smallest absolute Gasteiger partial charge is 0.315 e. The van der Waals surface area contributed by atoms with E-state index in [2.05, 4.69) is 20.8 Å². The third-order valence-corrected chi connectivity index (χ3v) is 2.27. The Balaban J connectivity index is 1.68. The van der Waals surface area contributed by atoms with Crippen molar-refractivity contribution in [3.8, 4) is 0 Å². The molecule has 6 heteroatoms. The number of rotatable bonds is 3. The molecule has 15 heavy (non-hydrogen) atoms. The number of carbonyl (C=O) groups is 1. The molecule has 1 aliphatic heterocycles. The Labute approximate surface area is 87.4 Å². The van der Waals surface area contributed by atoms with Gasteiger partial charge in [0.25, 0.3) is 0 Å². The molecule has 0 aliphatic carbocycles. The summed E-state index contributed by atoms with van der Waals surface area (Å²) < 4.78 is 5.15. The molecule has 2 heterocycles. The van der Waals surface area contributed by atoms with Crippen LogP contribution in [0.1, 0.15) is 12.0 Å². The molecule has 2 amide bonds. The summed E-state index contributed by atoms with van der Waals surface area (Å²) in [5.41, 5.74) is 0.952. The van der Waals surface area contributed by atoms with Gasteiger partial charge in [-0.3, -0.25) is 5.10 Å². The van der Waals surface area contributed by atoms with Gasteiger partial charge in [-0.2, -0.15) is 5.10 Å². The minimum Gasteiger partial charge on any atom is -0.379 e. The fourth-order valence-electron chi connectivity index (χ4n) is 1.44. The standard InChI is InChI=1S/C9H14N4O2/c14-9(13-8-1-2-15-6-8)10-3-7-4-11-12-5-7/h4-5,8H,1-3,6H2,(H,11,12)(H2,10,13,14). The van der Waals surface area contributed by atoms with Crippen LogP contribution in [0.25, 0.3) is 0 Å². The summed E-state index contributed by atoms with van der Waals surface area (Å²) in [6.45, 7) is 1.82. The van der Waals surface area contributed by atoms with E-state index in [1.165, 1.54) is 0 Å². The Morgan fingerprint density at radius 3 is 3.33 bits per heavy atom. The lowest BCUT2D eigenvalue weighted by Gasteiger charge is -2.10. The highest BCUT2D eigenvalue weighted by Crippen LogP contribution is 2.02. The van der Waals surface area contributed by atoms with Crippen molar-refractivity contribution in [1.82, 2.24) is 20.8 Å². The number of amides is 2. The SMILES string of the molecule is O=C(NCc1cn[nH]c1)NC1CCOC1. The number of H-pyrrole nitrogens is 1. The topological polar surface area (TPSA) is 79.0 Å². The van der Waals surface area contributed by atoms with E-state index in [1.807, 2.05) is 0 Å². The van der Waals surface area contributed by atoms with E-state index in [4.69, 9.17) is 4.74 Å². The molecule has 82 valence electrons. The van der Waals surface area contributed by atoms with Crippen LogP contribution in [0.15, 0.2) is 12.4 Å². The molecule has 1 aromatic rings. The van der Waals surface area contributed by atoms with E-state index in [0.29, 0.717) is 13.2 Å². The second-order valence-electron chi connectivity index (χ2n) is 3.49. The predicted octanol–water partition coefficient (Wildman–Crippen LogP) is -0.00220. The highest BCUT2D eigenvalue weighted by molar-refractivity contribution is 5.74. The Bertz CT molecular complexity index is 306. The number of nitrogens with one attached hydrogen (secondary N) is 3. The second kappa shape index (κ2) is 4.79. The van der Waals surface area contributed by atoms with Crippen molar-refractivity contribution in [2.75, 3.05) is 13.2 Å². The number of hydrogen-bond acceptors (Lipinski definition) is 3. The normalized spacial score (nSPS) is 20.1. The number of urea groups is 1. The highest BCUT2D eigenvalue weighted by Gasteiger charge is 2.17. The Morgan fingerprint density at radius 1 is 1.73 bits per heavy atom. The minimum absolute atomic E-state index is 0.148. The fraction of sp³-hybridized carbons (Fsp3) is 0.556. The third-order valence-electron chi connectivity index (χ3n) is 2.27. The lowest BCUT2D eigenvalue weighted by molar-refractivity contribution is 0.188. The molecule has 3 N–H and O–H groups in total. The summed E-state index contributed by atoms with van der Waals surface area (Å²) in [5.74, 6) is 0. The quantitative estimate of drug-likeness (QED) is 0.657. The molecule has 1 saturated heterocycles. The maximum Gasteiger partial charge on any atom is 0.315 e. The third kappa shape index (κ3) is 2.95. The largest absolute Gasteiger partial charge is 0.379 e. The molecule has 1 aromatic heterocycles. The summed E-state index contributed by atoms with van der Waals surface area (Å²) in [6, 6.07) is -0.0129. The molecule has 1 atom stereocenters. The maximum absolute atomic E-state index is 11.4. The van der Waals surface area contributed by atoms with Crippen molar-refractivity contribution in [1.29, 1.82) is 0 Å². The van der Waals surface area contributed by atoms with E-state index in [0.717, 1.165) is 18.6 Å². The van der Waals surface area contributed by atoms with Gasteiger partial charge in [-0.1, -0.05) is 0 Å². The van der Waals surface area contributed by atoms with Gasteiger partial charge < -0.3 is 15.4 Å². The molecule has 0 saturated carbocycles. The zero-order chi connectivity index (χ0) is 10.5. The van der Waals surface area contributed by atoms with E-state index >= 15 is 0 Å². The van der Waals surface area contributed by atoms with Crippen molar-refractivity contribution in [2.24, 2.45) is 0 Å².